The van der Waals surface area contributed by atoms with Gasteiger partial charge in [0.2, 0.25) is 0 Å². The number of ether oxygens (including phenoxy) is 3. The molecular formula is C26H31NO7. The lowest BCUT2D eigenvalue weighted by Gasteiger charge is -2.30. The van der Waals surface area contributed by atoms with Crippen molar-refractivity contribution >= 4 is 30.3 Å². The molecule has 1 N–H and O–H groups in total. The predicted octanol–water partition coefficient (Wildman–Crippen LogP) is 3.58. The van der Waals surface area contributed by atoms with E-state index in [1.165, 1.54) is 6.08 Å². The van der Waals surface area contributed by atoms with Crippen LogP contribution in [0.3, 0.4) is 0 Å². The first-order chi connectivity index (χ1) is 16.0. The molecule has 182 valence electrons. The lowest BCUT2D eigenvalue weighted by atomic mass is 9.78. The van der Waals surface area contributed by atoms with Crippen LogP contribution in [0.5, 0.6) is 0 Å². The molecular weight excluding hydrogens is 438 g/mol. The lowest BCUT2D eigenvalue weighted by Crippen LogP contribution is -2.34. The normalized spacial score (nSPS) is 16.2. The van der Waals surface area contributed by atoms with E-state index in [-0.39, 0.29) is 30.1 Å². The van der Waals surface area contributed by atoms with Gasteiger partial charge in [0.15, 0.2) is 6.29 Å². The second-order valence-electron chi connectivity index (χ2n) is 8.48. The van der Waals surface area contributed by atoms with Crippen molar-refractivity contribution < 1.29 is 33.4 Å². The van der Waals surface area contributed by atoms with Gasteiger partial charge < -0.3 is 19.5 Å². The maximum absolute atomic E-state index is 13.0. The van der Waals surface area contributed by atoms with Gasteiger partial charge in [-0.25, -0.2) is 14.4 Å². The summed E-state index contributed by atoms with van der Waals surface area (Å²) in [7, 11) is 0. The number of carbonyl (C=O) groups excluding carboxylic acids is 4. The molecule has 0 amide bonds. The Balaban J connectivity index is 2.71. The topological polar surface area (TPSA) is 108 Å². The molecule has 2 rings (SSSR count). The summed E-state index contributed by atoms with van der Waals surface area (Å²) in [6.45, 7) is 10.4. The molecule has 0 saturated heterocycles. The molecule has 1 aromatic carbocycles. The number of rotatable bonds is 8. The number of hydrogen-bond acceptors (Lipinski definition) is 8. The van der Waals surface area contributed by atoms with Crippen LogP contribution < -0.4 is 5.32 Å². The summed E-state index contributed by atoms with van der Waals surface area (Å²) in [4.78, 5) is 50.1. The summed E-state index contributed by atoms with van der Waals surface area (Å²) in [5.74, 6) is -2.86. The molecule has 1 heterocycles. The minimum absolute atomic E-state index is 0.0000709. The van der Waals surface area contributed by atoms with Gasteiger partial charge in [-0.1, -0.05) is 24.3 Å². The van der Waals surface area contributed by atoms with Gasteiger partial charge in [-0.15, -0.1) is 0 Å². The van der Waals surface area contributed by atoms with Gasteiger partial charge in [-0.3, -0.25) is 4.79 Å². The van der Waals surface area contributed by atoms with E-state index in [0.717, 1.165) is 0 Å². The average Bonchev–Trinajstić information content (AvgIpc) is 2.76. The van der Waals surface area contributed by atoms with Crippen LogP contribution in [0.1, 0.15) is 58.6 Å². The Bertz CT molecular complexity index is 1060. The Hall–Kier alpha value is -3.68. The smallest absolute Gasteiger partial charge is 0.337 e. The molecule has 1 aromatic rings. The predicted molar refractivity (Wildman–Crippen MR) is 126 cm³/mol. The fourth-order valence-corrected chi connectivity index (χ4v) is 3.59. The van der Waals surface area contributed by atoms with Crippen molar-refractivity contribution in [1.29, 1.82) is 0 Å². The van der Waals surface area contributed by atoms with Crippen molar-refractivity contribution in [3.8, 4) is 0 Å². The van der Waals surface area contributed by atoms with Gasteiger partial charge >= 0.3 is 17.9 Å². The summed E-state index contributed by atoms with van der Waals surface area (Å²) in [6, 6.07) is 6.95. The highest BCUT2D eigenvalue weighted by Crippen LogP contribution is 2.40. The first-order valence-electron chi connectivity index (χ1n) is 11.0. The van der Waals surface area contributed by atoms with Gasteiger partial charge in [0, 0.05) is 11.8 Å². The minimum Gasteiger partial charge on any atom is -0.463 e. The second-order valence-corrected chi connectivity index (χ2v) is 8.48. The van der Waals surface area contributed by atoms with Crippen LogP contribution >= 0.6 is 0 Å². The molecule has 0 spiro atoms. The van der Waals surface area contributed by atoms with Crippen LogP contribution in [0.25, 0.3) is 6.08 Å². The average molecular weight is 470 g/mol. The quantitative estimate of drug-likeness (QED) is 0.266. The molecule has 1 atom stereocenters. The van der Waals surface area contributed by atoms with Crippen molar-refractivity contribution in [2.24, 2.45) is 0 Å². The number of hydrogen-bond donors (Lipinski definition) is 1. The summed E-state index contributed by atoms with van der Waals surface area (Å²) in [5.41, 5.74) is 0.961. The van der Waals surface area contributed by atoms with Crippen molar-refractivity contribution in [1.82, 2.24) is 5.32 Å². The van der Waals surface area contributed by atoms with E-state index < -0.39 is 29.4 Å². The Labute approximate surface area is 199 Å². The van der Waals surface area contributed by atoms with Gasteiger partial charge in [0.25, 0.3) is 0 Å². The number of aldehydes is 1. The number of dihydropyridines is 1. The molecule has 1 aliphatic rings. The lowest BCUT2D eigenvalue weighted by molar-refractivity contribution is -0.148. The fraction of sp³-hybridized carbons (Fsp3) is 0.385. The Morgan fingerprint density at radius 3 is 2.15 bits per heavy atom. The van der Waals surface area contributed by atoms with E-state index in [1.807, 2.05) is 0 Å². The Morgan fingerprint density at radius 2 is 1.59 bits per heavy atom. The maximum Gasteiger partial charge on any atom is 0.337 e. The van der Waals surface area contributed by atoms with Crippen LogP contribution in [0.2, 0.25) is 0 Å². The molecule has 34 heavy (non-hydrogen) atoms. The van der Waals surface area contributed by atoms with E-state index >= 15 is 0 Å². The molecule has 0 bridgehead atoms. The number of esters is 3. The van der Waals surface area contributed by atoms with E-state index in [9.17, 15) is 19.2 Å². The number of nitrogens with one attached hydrogen (secondary N) is 1. The van der Waals surface area contributed by atoms with Gasteiger partial charge in [0.05, 0.1) is 36.0 Å². The summed E-state index contributed by atoms with van der Waals surface area (Å²) < 4.78 is 15.8. The SMILES string of the molecule is CCOC(=O)C1=C(C)NC(C=O)=C(C(=O)OCC)C1c1ccccc1/C=C/C(=O)OC(C)(C)C. The molecule has 1 aliphatic heterocycles. The Morgan fingerprint density at radius 1 is 1.00 bits per heavy atom. The molecule has 0 saturated carbocycles. The summed E-state index contributed by atoms with van der Waals surface area (Å²) in [5, 5.41) is 2.84. The molecule has 0 radical (unpaired) electrons. The highest BCUT2D eigenvalue weighted by molar-refractivity contribution is 6.03. The van der Waals surface area contributed by atoms with Gasteiger partial charge in [-0.05, 0) is 58.7 Å². The molecule has 0 fully saturated rings. The zero-order valence-corrected chi connectivity index (χ0v) is 20.4. The minimum atomic E-state index is -0.959. The fourth-order valence-electron chi connectivity index (χ4n) is 3.59. The summed E-state index contributed by atoms with van der Waals surface area (Å²) in [6.07, 6.45) is 3.34. The number of allylic oxidation sites excluding steroid dienone is 2. The van der Waals surface area contributed by atoms with Crippen molar-refractivity contribution in [3.63, 3.8) is 0 Å². The third kappa shape index (κ3) is 6.43. The highest BCUT2D eigenvalue weighted by Gasteiger charge is 2.39. The molecule has 0 aromatic heterocycles. The van der Waals surface area contributed by atoms with Crippen LogP contribution in [-0.2, 0) is 33.4 Å². The Kier molecular flexibility index (Phi) is 8.95. The van der Waals surface area contributed by atoms with Crippen molar-refractivity contribution in [2.45, 2.75) is 53.1 Å². The number of benzene rings is 1. The van der Waals surface area contributed by atoms with Gasteiger partial charge in [-0.2, -0.15) is 0 Å². The van der Waals surface area contributed by atoms with Crippen molar-refractivity contribution in [2.75, 3.05) is 13.2 Å². The summed E-state index contributed by atoms with van der Waals surface area (Å²) >= 11 is 0. The first kappa shape index (κ1) is 26.6. The van der Waals surface area contributed by atoms with E-state index in [0.29, 0.717) is 23.1 Å². The highest BCUT2D eigenvalue weighted by atomic mass is 16.6. The van der Waals surface area contributed by atoms with Crippen LogP contribution in [0, 0.1) is 0 Å². The van der Waals surface area contributed by atoms with E-state index in [4.69, 9.17) is 14.2 Å². The van der Waals surface area contributed by atoms with E-state index in [2.05, 4.69) is 5.32 Å². The second kappa shape index (κ2) is 11.4. The van der Waals surface area contributed by atoms with E-state index in [1.54, 1.807) is 71.9 Å². The molecule has 0 aliphatic carbocycles. The third-order valence-corrected chi connectivity index (χ3v) is 4.82. The molecule has 8 heteroatoms. The van der Waals surface area contributed by atoms with Crippen LogP contribution in [0.15, 0.2) is 52.9 Å². The molecule has 1 unspecified atom stereocenters. The van der Waals surface area contributed by atoms with Gasteiger partial charge in [0.1, 0.15) is 5.60 Å². The zero-order valence-electron chi connectivity index (χ0n) is 20.4. The number of carbonyl (C=O) groups is 4. The van der Waals surface area contributed by atoms with Crippen molar-refractivity contribution in [3.05, 3.63) is 64.0 Å². The van der Waals surface area contributed by atoms with Crippen LogP contribution in [-0.4, -0.2) is 43.0 Å². The third-order valence-electron chi connectivity index (χ3n) is 4.82. The first-order valence-corrected chi connectivity index (χ1v) is 11.0. The van der Waals surface area contributed by atoms with Crippen LogP contribution in [0.4, 0.5) is 0 Å². The standard InChI is InChI=1S/C26H31NO7/c1-7-32-24(30)21-16(3)27-19(15-28)23(25(31)33-8-2)22(21)18-12-10-9-11-17(18)13-14-20(29)34-26(4,5)6/h9-15,22,27H,7-8H2,1-6H3/b14-13+. The maximum atomic E-state index is 13.0. The monoisotopic (exact) mass is 469 g/mol. The zero-order chi connectivity index (χ0) is 25.5. The largest absolute Gasteiger partial charge is 0.463 e. The molecule has 8 nitrogen and oxygen atoms in total.